The number of carbonyl (C=O) groups is 1. The third-order valence-corrected chi connectivity index (χ3v) is 5.87. The van der Waals surface area contributed by atoms with Crippen molar-refractivity contribution in [2.45, 2.75) is 0 Å². The second-order valence-electron chi connectivity index (χ2n) is 4.99. The Morgan fingerprint density at radius 3 is 2.10 bits per heavy atom. The van der Waals surface area contributed by atoms with Crippen LogP contribution in [-0.2, 0) is 10.2 Å². The van der Waals surface area contributed by atoms with Crippen LogP contribution in [-0.4, -0.2) is 68.1 Å². The summed E-state index contributed by atoms with van der Waals surface area (Å²) >= 11 is 3.33. The molecule has 0 atom stereocenters. The van der Waals surface area contributed by atoms with Crippen LogP contribution in [0.5, 0.6) is 0 Å². The minimum Gasteiger partial charge on any atom is -0.336 e. The molecule has 1 fully saturated rings. The Hall–Kier alpha value is -0.960. The molecule has 0 spiro atoms. The molecule has 0 N–H and O–H groups in total. The first-order valence-electron chi connectivity index (χ1n) is 6.55. The van der Waals surface area contributed by atoms with Crippen LogP contribution in [0, 0.1) is 0 Å². The zero-order chi connectivity index (χ0) is 15.6. The highest BCUT2D eigenvalue weighted by Crippen LogP contribution is 2.15. The van der Waals surface area contributed by atoms with Gasteiger partial charge in [0, 0.05) is 50.3 Å². The Morgan fingerprint density at radius 2 is 1.62 bits per heavy atom. The van der Waals surface area contributed by atoms with Gasteiger partial charge in [-0.15, -0.1) is 0 Å². The summed E-state index contributed by atoms with van der Waals surface area (Å²) in [6.07, 6.45) is 0. The average molecular weight is 376 g/mol. The summed E-state index contributed by atoms with van der Waals surface area (Å²) in [4.78, 5) is 14.0. The van der Waals surface area contributed by atoms with Gasteiger partial charge in [0.15, 0.2) is 0 Å². The fourth-order valence-electron chi connectivity index (χ4n) is 2.13. The van der Waals surface area contributed by atoms with Crippen LogP contribution in [0.15, 0.2) is 28.7 Å². The van der Waals surface area contributed by atoms with E-state index in [0.29, 0.717) is 31.7 Å². The summed E-state index contributed by atoms with van der Waals surface area (Å²) in [6, 6.07) is 7.16. The lowest BCUT2D eigenvalue weighted by Crippen LogP contribution is -2.53. The van der Waals surface area contributed by atoms with Crippen molar-refractivity contribution in [2.75, 3.05) is 40.3 Å². The lowest BCUT2D eigenvalue weighted by Gasteiger charge is -2.35. The molecular formula is C13H18BrN3O3S. The van der Waals surface area contributed by atoms with Gasteiger partial charge in [0.1, 0.15) is 0 Å². The maximum absolute atomic E-state index is 12.3. The molecule has 0 aromatic heterocycles. The maximum atomic E-state index is 12.3. The van der Waals surface area contributed by atoms with Crippen molar-refractivity contribution in [1.82, 2.24) is 13.5 Å². The van der Waals surface area contributed by atoms with Gasteiger partial charge in [0.05, 0.1) is 0 Å². The number of rotatable bonds is 3. The fraction of sp³-hybridized carbons (Fsp3) is 0.462. The van der Waals surface area contributed by atoms with Crippen LogP contribution in [0.25, 0.3) is 0 Å². The molecule has 0 unspecified atom stereocenters. The average Bonchev–Trinajstić information content (AvgIpc) is 2.47. The minimum absolute atomic E-state index is 0.0654. The number of hydrogen-bond acceptors (Lipinski definition) is 3. The van der Waals surface area contributed by atoms with Gasteiger partial charge in [-0.05, 0) is 24.3 Å². The fourth-order valence-corrected chi connectivity index (χ4v) is 3.48. The standard InChI is InChI=1S/C13H18BrN3O3S/c1-15(2)21(19,20)17-9-7-16(8-10-17)13(18)11-3-5-12(14)6-4-11/h3-6H,7-10H2,1-2H3. The first-order valence-corrected chi connectivity index (χ1v) is 8.74. The molecule has 0 saturated carbocycles. The van der Waals surface area contributed by atoms with Crippen LogP contribution in [0.1, 0.15) is 10.4 Å². The van der Waals surface area contributed by atoms with Crippen molar-refractivity contribution in [2.24, 2.45) is 0 Å². The Labute approximate surface area is 133 Å². The molecule has 1 heterocycles. The second kappa shape index (κ2) is 6.43. The summed E-state index contributed by atoms with van der Waals surface area (Å²) in [5.41, 5.74) is 0.613. The van der Waals surface area contributed by atoms with Gasteiger partial charge in [-0.1, -0.05) is 15.9 Å². The monoisotopic (exact) mass is 375 g/mol. The van der Waals surface area contributed by atoms with E-state index in [-0.39, 0.29) is 5.91 Å². The molecular weight excluding hydrogens is 358 g/mol. The number of amides is 1. The Kier molecular flexibility index (Phi) is 5.03. The second-order valence-corrected chi connectivity index (χ2v) is 8.05. The van der Waals surface area contributed by atoms with Crippen molar-refractivity contribution in [3.63, 3.8) is 0 Å². The third-order valence-electron chi connectivity index (χ3n) is 3.40. The van der Waals surface area contributed by atoms with Crippen molar-refractivity contribution in [1.29, 1.82) is 0 Å². The predicted molar refractivity (Wildman–Crippen MR) is 84.2 cm³/mol. The SMILES string of the molecule is CN(C)S(=O)(=O)N1CCN(C(=O)c2ccc(Br)cc2)CC1. The van der Waals surface area contributed by atoms with E-state index in [9.17, 15) is 13.2 Å². The van der Waals surface area contributed by atoms with Gasteiger partial charge in [0.2, 0.25) is 0 Å². The molecule has 1 saturated heterocycles. The largest absolute Gasteiger partial charge is 0.336 e. The van der Waals surface area contributed by atoms with Crippen molar-refractivity contribution in [3.05, 3.63) is 34.3 Å². The van der Waals surface area contributed by atoms with Crippen LogP contribution in [0.2, 0.25) is 0 Å². The number of carbonyl (C=O) groups excluding carboxylic acids is 1. The highest BCUT2D eigenvalue weighted by atomic mass is 79.9. The van der Waals surface area contributed by atoms with E-state index >= 15 is 0 Å². The Balaban J connectivity index is 2.01. The number of piperazine rings is 1. The molecule has 2 rings (SSSR count). The van der Waals surface area contributed by atoms with E-state index in [0.717, 1.165) is 4.47 Å². The number of halogens is 1. The van der Waals surface area contributed by atoms with Gasteiger partial charge in [-0.3, -0.25) is 4.79 Å². The van der Waals surface area contributed by atoms with Gasteiger partial charge in [0.25, 0.3) is 16.1 Å². The van der Waals surface area contributed by atoms with Crippen LogP contribution in [0.4, 0.5) is 0 Å². The molecule has 6 nitrogen and oxygen atoms in total. The molecule has 116 valence electrons. The number of benzene rings is 1. The molecule has 1 aliphatic rings. The first kappa shape index (κ1) is 16.4. The topological polar surface area (TPSA) is 60.9 Å². The highest BCUT2D eigenvalue weighted by Gasteiger charge is 2.30. The molecule has 21 heavy (non-hydrogen) atoms. The van der Waals surface area contributed by atoms with E-state index in [1.54, 1.807) is 17.0 Å². The summed E-state index contributed by atoms with van der Waals surface area (Å²) in [6.45, 7) is 1.45. The maximum Gasteiger partial charge on any atom is 0.281 e. The van der Waals surface area contributed by atoms with Crippen LogP contribution in [0.3, 0.4) is 0 Å². The lowest BCUT2D eigenvalue weighted by atomic mass is 10.2. The number of hydrogen-bond donors (Lipinski definition) is 0. The zero-order valence-corrected chi connectivity index (χ0v) is 14.4. The highest BCUT2D eigenvalue weighted by molar-refractivity contribution is 9.10. The molecule has 0 aliphatic carbocycles. The molecule has 0 radical (unpaired) electrons. The molecule has 8 heteroatoms. The van der Waals surface area contributed by atoms with Gasteiger partial charge >= 0.3 is 0 Å². The summed E-state index contributed by atoms with van der Waals surface area (Å²) in [5, 5.41) is 0. The van der Waals surface area contributed by atoms with E-state index in [2.05, 4.69) is 15.9 Å². The van der Waals surface area contributed by atoms with Crippen molar-refractivity contribution < 1.29 is 13.2 Å². The van der Waals surface area contributed by atoms with Crippen molar-refractivity contribution in [3.8, 4) is 0 Å². The normalized spacial score (nSPS) is 17.2. The van der Waals surface area contributed by atoms with Gasteiger partial charge in [-0.25, -0.2) is 0 Å². The quantitative estimate of drug-likeness (QED) is 0.791. The Bertz CT molecular complexity index is 608. The Morgan fingerprint density at radius 1 is 1.10 bits per heavy atom. The predicted octanol–water partition coefficient (Wildman–Crippen LogP) is 1.01. The zero-order valence-electron chi connectivity index (χ0n) is 12.0. The summed E-state index contributed by atoms with van der Waals surface area (Å²) in [7, 11) is -0.380. The molecule has 1 aromatic rings. The van der Waals surface area contributed by atoms with Gasteiger partial charge in [-0.2, -0.15) is 17.0 Å². The lowest BCUT2D eigenvalue weighted by molar-refractivity contribution is 0.0695. The molecule has 0 bridgehead atoms. The summed E-state index contributed by atoms with van der Waals surface area (Å²) in [5.74, 6) is -0.0654. The van der Waals surface area contributed by atoms with Crippen LogP contribution >= 0.6 is 15.9 Å². The first-order chi connectivity index (χ1) is 9.82. The van der Waals surface area contributed by atoms with E-state index in [1.807, 2.05) is 12.1 Å². The van der Waals surface area contributed by atoms with E-state index in [4.69, 9.17) is 0 Å². The van der Waals surface area contributed by atoms with Crippen LogP contribution < -0.4 is 0 Å². The van der Waals surface area contributed by atoms with E-state index in [1.165, 1.54) is 22.7 Å². The third kappa shape index (κ3) is 3.63. The van der Waals surface area contributed by atoms with E-state index < -0.39 is 10.2 Å². The van der Waals surface area contributed by atoms with Crippen molar-refractivity contribution >= 4 is 32.0 Å². The molecule has 1 aliphatic heterocycles. The molecule has 1 amide bonds. The number of nitrogens with zero attached hydrogens (tertiary/aromatic N) is 3. The minimum atomic E-state index is -3.40. The van der Waals surface area contributed by atoms with Gasteiger partial charge < -0.3 is 4.90 Å². The smallest absolute Gasteiger partial charge is 0.281 e. The summed E-state index contributed by atoms with van der Waals surface area (Å²) < 4.78 is 27.5. The molecule has 1 aromatic carbocycles.